The van der Waals surface area contributed by atoms with Crippen molar-refractivity contribution in [3.63, 3.8) is 0 Å². The van der Waals surface area contributed by atoms with Crippen molar-refractivity contribution in [2.45, 2.75) is 4.90 Å². The monoisotopic (exact) mass is 259 g/mol. The van der Waals surface area contributed by atoms with Crippen LogP contribution in [0.2, 0.25) is 0 Å². The second-order valence-corrected chi connectivity index (χ2v) is 4.55. The normalized spacial score (nSPS) is 10.1. The first kappa shape index (κ1) is 12.5. The Bertz CT molecular complexity index is 535. The van der Waals surface area contributed by atoms with Gasteiger partial charge in [-0.2, -0.15) is 0 Å². The average molecular weight is 259 g/mol. The highest BCUT2D eigenvalue weighted by atomic mass is 32.2. The van der Waals surface area contributed by atoms with Crippen LogP contribution in [0.3, 0.4) is 0 Å². The van der Waals surface area contributed by atoms with Crippen molar-refractivity contribution in [1.29, 1.82) is 0 Å². The molecule has 0 radical (unpaired) electrons. The van der Waals surface area contributed by atoms with Gasteiger partial charge in [-0.15, -0.1) is 11.8 Å². The van der Waals surface area contributed by atoms with Crippen molar-refractivity contribution in [3.8, 4) is 11.5 Å². The minimum Gasteiger partial charge on any atom is -0.457 e. The molecular formula is C14H13NO2S. The van der Waals surface area contributed by atoms with Gasteiger partial charge in [0.2, 0.25) is 5.91 Å². The maximum atomic E-state index is 10.9. The van der Waals surface area contributed by atoms with E-state index in [1.165, 1.54) is 4.90 Å². The first-order valence-corrected chi connectivity index (χ1v) is 6.63. The molecule has 0 heterocycles. The van der Waals surface area contributed by atoms with Gasteiger partial charge in [-0.25, -0.2) is 0 Å². The summed E-state index contributed by atoms with van der Waals surface area (Å²) in [6.45, 7) is 0. The second kappa shape index (κ2) is 5.60. The molecule has 0 bridgehead atoms. The van der Waals surface area contributed by atoms with Crippen LogP contribution in [0.1, 0.15) is 10.4 Å². The lowest BCUT2D eigenvalue weighted by atomic mass is 10.2. The van der Waals surface area contributed by atoms with E-state index in [9.17, 15) is 4.79 Å². The molecule has 2 aromatic rings. The third-order valence-electron chi connectivity index (χ3n) is 2.43. The largest absolute Gasteiger partial charge is 0.457 e. The summed E-state index contributed by atoms with van der Waals surface area (Å²) < 4.78 is 5.65. The third kappa shape index (κ3) is 3.05. The van der Waals surface area contributed by atoms with E-state index in [0.29, 0.717) is 11.3 Å². The van der Waals surface area contributed by atoms with Gasteiger partial charge < -0.3 is 10.5 Å². The van der Waals surface area contributed by atoms with Crippen LogP contribution in [0.4, 0.5) is 0 Å². The van der Waals surface area contributed by atoms with Crippen molar-refractivity contribution >= 4 is 17.7 Å². The number of carbonyl (C=O) groups is 1. The lowest BCUT2D eigenvalue weighted by molar-refractivity contribution is 0.100. The first-order chi connectivity index (χ1) is 8.69. The molecule has 92 valence electrons. The predicted molar refractivity (Wildman–Crippen MR) is 73.3 cm³/mol. The summed E-state index contributed by atoms with van der Waals surface area (Å²) in [6, 6.07) is 14.6. The summed E-state index contributed by atoms with van der Waals surface area (Å²) in [6.07, 6.45) is 2.03. The van der Waals surface area contributed by atoms with Gasteiger partial charge in [-0.1, -0.05) is 0 Å². The predicted octanol–water partition coefficient (Wildman–Crippen LogP) is 3.30. The molecule has 2 aromatic carbocycles. The van der Waals surface area contributed by atoms with E-state index in [4.69, 9.17) is 10.5 Å². The summed E-state index contributed by atoms with van der Waals surface area (Å²) in [7, 11) is 0. The van der Waals surface area contributed by atoms with E-state index in [2.05, 4.69) is 0 Å². The summed E-state index contributed by atoms with van der Waals surface area (Å²) in [4.78, 5) is 12.1. The highest BCUT2D eigenvalue weighted by molar-refractivity contribution is 7.98. The van der Waals surface area contributed by atoms with Gasteiger partial charge in [-0.3, -0.25) is 4.79 Å². The van der Waals surface area contributed by atoms with Crippen molar-refractivity contribution in [2.75, 3.05) is 6.26 Å². The van der Waals surface area contributed by atoms with Crippen molar-refractivity contribution in [1.82, 2.24) is 0 Å². The van der Waals surface area contributed by atoms with Gasteiger partial charge in [0, 0.05) is 10.5 Å². The van der Waals surface area contributed by atoms with Gasteiger partial charge in [0.15, 0.2) is 0 Å². The molecule has 2 N–H and O–H groups in total. The molecule has 0 aliphatic rings. The minimum atomic E-state index is -0.439. The summed E-state index contributed by atoms with van der Waals surface area (Å²) in [5, 5.41) is 0. The van der Waals surface area contributed by atoms with E-state index in [0.717, 1.165) is 5.75 Å². The number of hydrogen-bond donors (Lipinski definition) is 1. The van der Waals surface area contributed by atoms with Crippen LogP contribution in [0.25, 0.3) is 0 Å². The Morgan fingerprint density at radius 3 is 1.94 bits per heavy atom. The number of nitrogens with two attached hydrogens (primary N) is 1. The second-order valence-electron chi connectivity index (χ2n) is 3.67. The Balaban J connectivity index is 2.10. The molecule has 1 amide bonds. The number of carbonyl (C=O) groups excluding carboxylic acids is 1. The number of benzene rings is 2. The fourth-order valence-corrected chi connectivity index (χ4v) is 1.88. The lowest BCUT2D eigenvalue weighted by Gasteiger charge is -2.06. The molecule has 0 atom stereocenters. The first-order valence-electron chi connectivity index (χ1n) is 5.41. The molecule has 0 aliphatic carbocycles. The van der Waals surface area contributed by atoms with Crippen molar-refractivity contribution < 1.29 is 9.53 Å². The molecule has 0 spiro atoms. The molecule has 18 heavy (non-hydrogen) atoms. The zero-order chi connectivity index (χ0) is 13.0. The van der Waals surface area contributed by atoms with Crippen LogP contribution in [0, 0.1) is 0 Å². The fourth-order valence-electron chi connectivity index (χ4n) is 1.47. The Morgan fingerprint density at radius 1 is 1.00 bits per heavy atom. The molecular weight excluding hydrogens is 246 g/mol. The number of thioether (sulfide) groups is 1. The summed E-state index contributed by atoms with van der Waals surface area (Å²) >= 11 is 1.68. The SMILES string of the molecule is CSc1ccc(Oc2ccc(C(N)=O)cc2)cc1. The van der Waals surface area contributed by atoms with Crippen LogP contribution < -0.4 is 10.5 Å². The van der Waals surface area contributed by atoms with Gasteiger partial charge in [0.05, 0.1) is 0 Å². The van der Waals surface area contributed by atoms with Crippen molar-refractivity contribution in [3.05, 3.63) is 54.1 Å². The summed E-state index contributed by atoms with van der Waals surface area (Å²) in [5.74, 6) is 1.00. The number of hydrogen-bond acceptors (Lipinski definition) is 3. The molecule has 3 nitrogen and oxygen atoms in total. The van der Waals surface area contributed by atoms with Gasteiger partial charge in [0.1, 0.15) is 11.5 Å². The smallest absolute Gasteiger partial charge is 0.248 e. The zero-order valence-electron chi connectivity index (χ0n) is 9.92. The molecule has 4 heteroatoms. The van der Waals surface area contributed by atoms with E-state index in [1.54, 1.807) is 36.0 Å². The lowest BCUT2D eigenvalue weighted by Crippen LogP contribution is -2.10. The molecule has 0 aliphatic heterocycles. The van der Waals surface area contributed by atoms with Gasteiger partial charge >= 0.3 is 0 Å². The van der Waals surface area contributed by atoms with E-state index >= 15 is 0 Å². The topological polar surface area (TPSA) is 52.3 Å². The maximum Gasteiger partial charge on any atom is 0.248 e. The Hall–Kier alpha value is -1.94. The molecule has 0 aromatic heterocycles. The van der Waals surface area contributed by atoms with Crippen LogP contribution >= 0.6 is 11.8 Å². The standard InChI is InChI=1S/C14H13NO2S/c1-18-13-8-6-12(7-9-13)17-11-4-2-10(3-5-11)14(15)16/h2-9H,1H3,(H2,15,16). The maximum absolute atomic E-state index is 10.9. The van der Waals surface area contributed by atoms with E-state index in [-0.39, 0.29) is 0 Å². The van der Waals surface area contributed by atoms with Crippen LogP contribution in [0.15, 0.2) is 53.4 Å². The van der Waals surface area contributed by atoms with E-state index < -0.39 is 5.91 Å². The quantitative estimate of drug-likeness (QED) is 0.857. The molecule has 0 saturated carbocycles. The molecule has 0 unspecified atom stereocenters. The minimum absolute atomic E-state index is 0.439. The fraction of sp³-hybridized carbons (Fsp3) is 0.0714. The number of rotatable bonds is 4. The van der Waals surface area contributed by atoms with E-state index in [1.807, 2.05) is 30.5 Å². The number of amides is 1. The van der Waals surface area contributed by atoms with Gasteiger partial charge in [0.25, 0.3) is 0 Å². The summed E-state index contributed by atoms with van der Waals surface area (Å²) in [5.41, 5.74) is 5.64. The van der Waals surface area contributed by atoms with Crippen LogP contribution in [0.5, 0.6) is 11.5 Å². The Kier molecular flexibility index (Phi) is 3.89. The molecule has 2 rings (SSSR count). The highest BCUT2D eigenvalue weighted by Crippen LogP contribution is 2.24. The Morgan fingerprint density at radius 2 is 1.50 bits per heavy atom. The highest BCUT2D eigenvalue weighted by Gasteiger charge is 2.01. The molecule has 0 saturated heterocycles. The van der Waals surface area contributed by atoms with Crippen LogP contribution in [-0.2, 0) is 0 Å². The zero-order valence-corrected chi connectivity index (χ0v) is 10.7. The number of primary amides is 1. The van der Waals surface area contributed by atoms with Gasteiger partial charge in [-0.05, 0) is 54.8 Å². The molecule has 0 fully saturated rings. The average Bonchev–Trinajstić information content (AvgIpc) is 2.40. The third-order valence-corrected chi connectivity index (χ3v) is 3.18. The number of ether oxygens (including phenoxy) is 1. The van der Waals surface area contributed by atoms with Crippen molar-refractivity contribution in [2.24, 2.45) is 5.73 Å². The Labute approximate surface area is 110 Å². The van der Waals surface area contributed by atoms with Crippen LogP contribution in [-0.4, -0.2) is 12.2 Å².